The minimum Gasteiger partial charge on any atom is -0.436 e. The van der Waals surface area contributed by atoms with Crippen molar-refractivity contribution in [3.05, 3.63) is 41.1 Å². The van der Waals surface area contributed by atoms with Gasteiger partial charge in [-0.3, -0.25) is 0 Å². The van der Waals surface area contributed by atoms with Crippen LogP contribution < -0.4 is 0 Å². The quantitative estimate of drug-likeness (QED) is 0.715. The molecule has 0 aliphatic carbocycles. The lowest BCUT2D eigenvalue weighted by Gasteiger charge is -2.31. The van der Waals surface area contributed by atoms with E-state index in [1.807, 2.05) is 6.07 Å². The molecule has 0 heterocycles. The van der Waals surface area contributed by atoms with Crippen LogP contribution in [-0.2, 0) is 8.23 Å². The molecule has 0 saturated heterocycles. The van der Waals surface area contributed by atoms with Gasteiger partial charge in [-0.15, -0.1) is 0 Å². The van der Waals surface area contributed by atoms with E-state index >= 15 is 0 Å². The molecule has 0 fully saturated rings. The van der Waals surface area contributed by atoms with Gasteiger partial charge in [-0.05, 0) is 57.0 Å². The van der Waals surface area contributed by atoms with Crippen LogP contribution in [0.15, 0.2) is 35.5 Å². The summed E-state index contributed by atoms with van der Waals surface area (Å²) in [5.41, 5.74) is 1.22. The highest BCUT2D eigenvalue weighted by atomic mass is 28.4. The molecule has 0 unspecified atom stereocenters. The summed E-state index contributed by atoms with van der Waals surface area (Å²) in [5.74, 6) is 0. The molecule has 1 rings (SSSR count). The van der Waals surface area contributed by atoms with Gasteiger partial charge in [-0.2, -0.15) is 0 Å². The van der Waals surface area contributed by atoms with Gasteiger partial charge in [-0.1, -0.05) is 36.4 Å². The Morgan fingerprint density at radius 3 is 1.75 bits per heavy atom. The molecule has 0 aliphatic heterocycles. The van der Waals surface area contributed by atoms with E-state index in [9.17, 15) is 0 Å². The molecule has 0 radical (unpaired) electrons. The summed E-state index contributed by atoms with van der Waals surface area (Å²) in [4.78, 5) is 0. The van der Waals surface area contributed by atoms with Gasteiger partial charge in [0.15, 0.2) is 16.6 Å². The number of benzene rings is 1. The van der Waals surface area contributed by atoms with Crippen LogP contribution in [0.25, 0.3) is 6.08 Å². The number of rotatable bonds is 6. The Morgan fingerprint density at radius 2 is 1.35 bits per heavy atom. The fraction of sp³-hybridized carbons (Fsp3) is 0.467. The van der Waals surface area contributed by atoms with E-state index in [1.165, 1.54) is 10.8 Å². The van der Waals surface area contributed by atoms with E-state index in [0.29, 0.717) is 0 Å². The Morgan fingerprint density at radius 1 is 0.900 bits per heavy atom. The summed E-state index contributed by atoms with van der Waals surface area (Å²) in [6.45, 7) is 15.6. The van der Waals surface area contributed by atoms with E-state index in [0.717, 1.165) is 0 Å². The second kappa shape index (κ2) is 7.00. The van der Waals surface area contributed by atoms with Crippen molar-refractivity contribution in [1.82, 2.24) is 0 Å². The van der Waals surface area contributed by atoms with Gasteiger partial charge >= 0.3 is 9.28 Å². The van der Waals surface area contributed by atoms with Crippen LogP contribution in [-0.4, -0.2) is 25.9 Å². The van der Waals surface area contributed by atoms with Crippen LogP contribution in [0.5, 0.6) is 0 Å². The lowest BCUT2D eigenvalue weighted by atomic mass is 10.2. The first-order valence-corrected chi connectivity index (χ1v) is 15.5. The van der Waals surface area contributed by atoms with Crippen molar-refractivity contribution in [2.24, 2.45) is 0 Å². The van der Waals surface area contributed by atoms with Crippen LogP contribution in [0, 0.1) is 0 Å². The fourth-order valence-corrected chi connectivity index (χ4v) is 9.31. The van der Waals surface area contributed by atoms with Gasteiger partial charge in [0.2, 0.25) is 0 Å². The minimum absolute atomic E-state index is 1.22. The first kappa shape index (κ1) is 17.6. The summed E-state index contributed by atoms with van der Waals surface area (Å²) < 4.78 is 12.7. The van der Waals surface area contributed by atoms with Crippen molar-refractivity contribution in [3.63, 3.8) is 0 Å². The highest BCUT2D eigenvalue weighted by Gasteiger charge is 2.29. The maximum absolute atomic E-state index is 6.37. The lowest BCUT2D eigenvalue weighted by Crippen LogP contribution is -2.44. The third kappa shape index (κ3) is 7.35. The lowest BCUT2D eigenvalue weighted by molar-refractivity contribution is 0.430. The summed E-state index contributed by atoms with van der Waals surface area (Å²) in [7, 11) is -4.93. The molecule has 0 bridgehead atoms. The van der Waals surface area contributed by atoms with Crippen molar-refractivity contribution in [2.45, 2.75) is 46.2 Å². The van der Waals surface area contributed by atoms with Gasteiger partial charge in [0, 0.05) is 0 Å². The molecular weight excluding hydrogens is 296 g/mol. The second-order valence-electron chi connectivity index (χ2n) is 7.09. The molecule has 20 heavy (non-hydrogen) atoms. The molecular formula is C15H28O2Si3. The molecule has 0 amide bonds. The summed E-state index contributed by atoms with van der Waals surface area (Å²) in [6, 6.07) is 10.4. The topological polar surface area (TPSA) is 18.5 Å². The van der Waals surface area contributed by atoms with Crippen molar-refractivity contribution in [2.75, 3.05) is 0 Å². The van der Waals surface area contributed by atoms with Gasteiger partial charge in [-0.25, -0.2) is 0 Å². The average Bonchev–Trinajstić information content (AvgIpc) is 2.25. The van der Waals surface area contributed by atoms with Gasteiger partial charge in [0.25, 0.3) is 0 Å². The molecule has 112 valence electrons. The first-order chi connectivity index (χ1) is 9.07. The predicted molar refractivity (Wildman–Crippen MR) is 96.1 cm³/mol. The first-order valence-electron chi connectivity index (χ1n) is 7.16. The summed E-state index contributed by atoms with van der Waals surface area (Å²) >= 11 is 0. The van der Waals surface area contributed by atoms with Crippen molar-refractivity contribution >= 4 is 32.0 Å². The maximum Gasteiger partial charge on any atom is 0.330 e. The Hall–Kier alpha value is -0.469. The Balaban J connectivity index is 2.94. The molecule has 0 aromatic heterocycles. The predicted octanol–water partition coefficient (Wildman–Crippen LogP) is 4.55. The van der Waals surface area contributed by atoms with E-state index in [2.05, 4.69) is 76.5 Å². The smallest absolute Gasteiger partial charge is 0.330 e. The second-order valence-corrected chi connectivity index (χ2v) is 19.0. The van der Waals surface area contributed by atoms with E-state index in [-0.39, 0.29) is 0 Å². The van der Waals surface area contributed by atoms with Crippen LogP contribution in [0.2, 0.25) is 39.3 Å². The average molecular weight is 325 g/mol. The third-order valence-electron chi connectivity index (χ3n) is 2.49. The van der Waals surface area contributed by atoms with E-state index in [4.69, 9.17) is 8.23 Å². The van der Waals surface area contributed by atoms with Gasteiger partial charge < -0.3 is 8.23 Å². The standard InChI is InChI=1S/C15H28O2Si3/c1-14(13-15-11-9-8-10-12-15)18(16-19(2,3)4)17-20(5,6)7/h8-13,18H,1-7H3. The molecule has 2 nitrogen and oxygen atoms in total. The van der Waals surface area contributed by atoms with Crippen LogP contribution >= 0.6 is 0 Å². The highest BCUT2D eigenvalue weighted by molar-refractivity contribution is 6.83. The number of hydrogen-bond acceptors (Lipinski definition) is 2. The fourth-order valence-electron chi connectivity index (χ4n) is 1.73. The molecule has 0 saturated carbocycles. The number of hydrogen-bond donors (Lipinski definition) is 0. The Kier molecular flexibility index (Phi) is 6.15. The van der Waals surface area contributed by atoms with Crippen LogP contribution in [0.3, 0.4) is 0 Å². The zero-order valence-electron chi connectivity index (χ0n) is 13.9. The van der Waals surface area contributed by atoms with Crippen molar-refractivity contribution in [1.29, 1.82) is 0 Å². The molecule has 0 spiro atoms. The Labute approximate surface area is 127 Å². The molecule has 0 N–H and O–H groups in total. The summed E-state index contributed by atoms with van der Waals surface area (Å²) in [6.07, 6.45) is 2.22. The monoisotopic (exact) mass is 324 g/mol. The van der Waals surface area contributed by atoms with Crippen molar-refractivity contribution < 1.29 is 8.23 Å². The molecule has 1 aromatic rings. The van der Waals surface area contributed by atoms with Gasteiger partial charge in [0.05, 0.1) is 0 Å². The summed E-state index contributed by atoms with van der Waals surface area (Å²) in [5, 5.41) is 1.28. The molecule has 5 heteroatoms. The normalized spacial score (nSPS) is 13.9. The zero-order valence-corrected chi connectivity index (χ0v) is 17.0. The molecule has 0 atom stereocenters. The highest BCUT2D eigenvalue weighted by Crippen LogP contribution is 2.18. The number of allylic oxidation sites excluding steroid dienone is 1. The third-order valence-corrected chi connectivity index (χ3v) is 10.8. The van der Waals surface area contributed by atoms with Crippen LogP contribution in [0.4, 0.5) is 0 Å². The zero-order chi connectivity index (χ0) is 15.4. The van der Waals surface area contributed by atoms with E-state index in [1.54, 1.807) is 0 Å². The van der Waals surface area contributed by atoms with Crippen molar-refractivity contribution in [3.8, 4) is 0 Å². The maximum atomic E-state index is 6.37. The SMILES string of the molecule is CC(=Cc1ccccc1)[SiH](O[Si](C)(C)C)O[Si](C)(C)C. The van der Waals surface area contributed by atoms with Crippen LogP contribution in [0.1, 0.15) is 12.5 Å². The largest absolute Gasteiger partial charge is 0.436 e. The Bertz CT molecular complexity index is 428. The van der Waals surface area contributed by atoms with E-state index < -0.39 is 25.9 Å². The van der Waals surface area contributed by atoms with Gasteiger partial charge in [0.1, 0.15) is 0 Å². The molecule has 1 aromatic carbocycles. The molecule has 0 aliphatic rings. The minimum atomic E-state index is -1.76.